The number of aryl methyl sites for hydroxylation is 1. The van der Waals surface area contributed by atoms with Gasteiger partial charge < -0.3 is 16.0 Å². The molecule has 0 aliphatic carbocycles. The molecule has 2 aromatic carbocycles. The normalized spacial score (nSPS) is 16.4. The van der Waals surface area contributed by atoms with Gasteiger partial charge in [0, 0.05) is 24.3 Å². The lowest BCUT2D eigenvalue weighted by molar-refractivity contribution is -0.122. The van der Waals surface area contributed by atoms with Crippen molar-refractivity contribution in [1.82, 2.24) is 0 Å². The highest BCUT2D eigenvalue weighted by atomic mass is 16.2. The molecule has 1 atom stereocenters. The Morgan fingerprint density at radius 1 is 1.07 bits per heavy atom. The van der Waals surface area contributed by atoms with Crippen LogP contribution in [0.4, 0.5) is 11.4 Å². The summed E-state index contributed by atoms with van der Waals surface area (Å²) < 4.78 is 0. The molecule has 1 fully saturated rings. The molecule has 1 aliphatic heterocycles. The number of benzene rings is 2. The predicted octanol–water partition coefficient (Wildman–Crippen LogP) is 2.27. The zero-order chi connectivity index (χ0) is 19.4. The zero-order valence-electron chi connectivity index (χ0n) is 15.3. The molecule has 3 amide bonds. The average Bonchev–Trinajstić information content (AvgIpc) is 3.05. The SMILES string of the molecule is CCc1ccc(N2CC(C(=O)Nc3ccc(CC(N)=O)cc3)CC2=O)cc1. The van der Waals surface area contributed by atoms with Gasteiger partial charge in [-0.05, 0) is 41.8 Å². The summed E-state index contributed by atoms with van der Waals surface area (Å²) >= 11 is 0. The topological polar surface area (TPSA) is 92.5 Å². The first-order valence-electron chi connectivity index (χ1n) is 9.03. The lowest BCUT2D eigenvalue weighted by Gasteiger charge is -2.17. The van der Waals surface area contributed by atoms with E-state index in [2.05, 4.69) is 12.2 Å². The third-order valence-electron chi connectivity index (χ3n) is 4.75. The van der Waals surface area contributed by atoms with Crippen LogP contribution in [0.5, 0.6) is 0 Å². The molecular formula is C21H23N3O3. The van der Waals surface area contributed by atoms with Crippen molar-refractivity contribution in [1.29, 1.82) is 0 Å². The molecule has 1 heterocycles. The number of hydrogen-bond acceptors (Lipinski definition) is 3. The van der Waals surface area contributed by atoms with Crippen LogP contribution in [0.25, 0.3) is 0 Å². The van der Waals surface area contributed by atoms with E-state index in [9.17, 15) is 14.4 Å². The molecule has 2 aromatic rings. The van der Waals surface area contributed by atoms with Gasteiger partial charge in [0.15, 0.2) is 0 Å². The fourth-order valence-electron chi connectivity index (χ4n) is 3.20. The number of hydrogen-bond donors (Lipinski definition) is 2. The summed E-state index contributed by atoms with van der Waals surface area (Å²) in [6.07, 6.45) is 1.30. The summed E-state index contributed by atoms with van der Waals surface area (Å²) in [4.78, 5) is 37.5. The van der Waals surface area contributed by atoms with Crippen LogP contribution in [-0.2, 0) is 27.2 Å². The van der Waals surface area contributed by atoms with Crippen molar-refractivity contribution in [2.45, 2.75) is 26.2 Å². The molecule has 0 saturated carbocycles. The number of nitrogens with zero attached hydrogens (tertiary/aromatic N) is 1. The summed E-state index contributed by atoms with van der Waals surface area (Å²) in [5.41, 5.74) is 8.62. The second-order valence-corrected chi connectivity index (χ2v) is 6.75. The molecule has 3 N–H and O–H groups in total. The van der Waals surface area contributed by atoms with Gasteiger partial charge in [-0.1, -0.05) is 31.2 Å². The quantitative estimate of drug-likeness (QED) is 0.822. The van der Waals surface area contributed by atoms with Crippen LogP contribution in [0.15, 0.2) is 48.5 Å². The van der Waals surface area contributed by atoms with Gasteiger partial charge in [0.2, 0.25) is 17.7 Å². The Bertz CT molecular complexity index is 844. The molecule has 27 heavy (non-hydrogen) atoms. The lowest BCUT2D eigenvalue weighted by atomic mass is 10.1. The van der Waals surface area contributed by atoms with Gasteiger partial charge in [-0.2, -0.15) is 0 Å². The molecule has 0 spiro atoms. The Kier molecular flexibility index (Phi) is 5.54. The van der Waals surface area contributed by atoms with E-state index in [0.29, 0.717) is 12.2 Å². The molecule has 1 saturated heterocycles. The predicted molar refractivity (Wildman–Crippen MR) is 104 cm³/mol. The molecule has 140 valence electrons. The number of nitrogens with one attached hydrogen (secondary N) is 1. The Balaban J connectivity index is 1.62. The van der Waals surface area contributed by atoms with E-state index in [-0.39, 0.29) is 24.7 Å². The van der Waals surface area contributed by atoms with Crippen molar-refractivity contribution in [2.75, 3.05) is 16.8 Å². The number of primary amides is 1. The maximum Gasteiger partial charge on any atom is 0.229 e. The third kappa shape index (κ3) is 4.53. The van der Waals surface area contributed by atoms with E-state index < -0.39 is 11.8 Å². The second kappa shape index (κ2) is 8.03. The Labute approximate surface area is 158 Å². The van der Waals surface area contributed by atoms with Crippen LogP contribution >= 0.6 is 0 Å². The van der Waals surface area contributed by atoms with Crippen molar-refractivity contribution >= 4 is 29.1 Å². The summed E-state index contributed by atoms with van der Waals surface area (Å²) in [7, 11) is 0. The fourth-order valence-corrected chi connectivity index (χ4v) is 3.20. The largest absolute Gasteiger partial charge is 0.369 e. The smallest absolute Gasteiger partial charge is 0.229 e. The Hall–Kier alpha value is -3.15. The van der Waals surface area contributed by atoms with E-state index >= 15 is 0 Å². The molecule has 0 radical (unpaired) electrons. The second-order valence-electron chi connectivity index (χ2n) is 6.75. The lowest BCUT2D eigenvalue weighted by Crippen LogP contribution is -2.28. The first kappa shape index (κ1) is 18.6. The summed E-state index contributed by atoms with van der Waals surface area (Å²) in [6, 6.07) is 14.8. The van der Waals surface area contributed by atoms with Crippen LogP contribution in [0.2, 0.25) is 0 Å². The first-order valence-corrected chi connectivity index (χ1v) is 9.03. The molecule has 6 nitrogen and oxygen atoms in total. The molecule has 6 heteroatoms. The van der Waals surface area contributed by atoms with Gasteiger partial charge in [-0.15, -0.1) is 0 Å². The monoisotopic (exact) mass is 365 g/mol. The Morgan fingerprint density at radius 3 is 2.30 bits per heavy atom. The van der Waals surface area contributed by atoms with Crippen LogP contribution in [0.1, 0.15) is 24.5 Å². The van der Waals surface area contributed by atoms with Crippen LogP contribution < -0.4 is 16.0 Å². The van der Waals surface area contributed by atoms with Gasteiger partial charge in [0.25, 0.3) is 0 Å². The van der Waals surface area contributed by atoms with Crippen molar-refractivity contribution in [3.63, 3.8) is 0 Å². The molecular weight excluding hydrogens is 342 g/mol. The van der Waals surface area contributed by atoms with E-state index in [0.717, 1.165) is 17.7 Å². The minimum atomic E-state index is -0.400. The molecule has 0 aromatic heterocycles. The third-order valence-corrected chi connectivity index (χ3v) is 4.75. The number of nitrogens with two attached hydrogens (primary N) is 1. The fraction of sp³-hybridized carbons (Fsp3) is 0.286. The maximum atomic E-state index is 12.5. The zero-order valence-corrected chi connectivity index (χ0v) is 15.3. The molecule has 1 aliphatic rings. The highest BCUT2D eigenvalue weighted by Gasteiger charge is 2.35. The van der Waals surface area contributed by atoms with Crippen molar-refractivity contribution in [2.24, 2.45) is 11.7 Å². The summed E-state index contributed by atoms with van der Waals surface area (Å²) in [5.74, 6) is -1.02. The first-order chi connectivity index (χ1) is 13.0. The molecule has 3 rings (SSSR count). The van der Waals surface area contributed by atoms with Gasteiger partial charge >= 0.3 is 0 Å². The minimum absolute atomic E-state index is 0.0452. The van der Waals surface area contributed by atoms with Crippen LogP contribution in [-0.4, -0.2) is 24.3 Å². The minimum Gasteiger partial charge on any atom is -0.369 e. The number of carbonyl (C=O) groups is 3. The maximum absolute atomic E-state index is 12.5. The number of amides is 3. The summed E-state index contributed by atoms with van der Waals surface area (Å²) in [5, 5.41) is 2.84. The molecule has 1 unspecified atom stereocenters. The van der Waals surface area contributed by atoms with E-state index in [1.165, 1.54) is 5.56 Å². The highest BCUT2D eigenvalue weighted by Crippen LogP contribution is 2.26. The van der Waals surface area contributed by atoms with E-state index in [1.54, 1.807) is 29.2 Å². The Morgan fingerprint density at radius 2 is 1.70 bits per heavy atom. The average molecular weight is 365 g/mol. The van der Waals surface area contributed by atoms with Gasteiger partial charge in [-0.3, -0.25) is 14.4 Å². The van der Waals surface area contributed by atoms with Gasteiger partial charge in [0.05, 0.1) is 12.3 Å². The van der Waals surface area contributed by atoms with Gasteiger partial charge in [-0.25, -0.2) is 0 Å². The number of anilines is 2. The van der Waals surface area contributed by atoms with Crippen molar-refractivity contribution in [3.05, 3.63) is 59.7 Å². The van der Waals surface area contributed by atoms with Crippen LogP contribution in [0.3, 0.4) is 0 Å². The van der Waals surface area contributed by atoms with Crippen molar-refractivity contribution < 1.29 is 14.4 Å². The van der Waals surface area contributed by atoms with Crippen LogP contribution in [0, 0.1) is 5.92 Å². The molecule has 0 bridgehead atoms. The van der Waals surface area contributed by atoms with Crippen molar-refractivity contribution in [3.8, 4) is 0 Å². The van der Waals surface area contributed by atoms with Gasteiger partial charge in [0.1, 0.15) is 0 Å². The van der Waals surface area contributed by atoms with E-state index in [4.69, 9.17) is 5.73 Å². The standard InChI is InChI=1S/C21H23N3O3/c1-2-14-5-9-18(10-6-14)24-13-16(12-20(24)26)21(27)23-17-7-3-15(4-8-17)11-19(22)25/h3-10,16H,2,11-13H2,1H3,(H2,22,25)(H,23,27). The summed E-state index contributed by atoms with van der Waals surface area (Å²) in [6.45, 7) is 2.45. The van der Waals surface area contributed by atoms with E-state index in [1.807, 2.05) is 24.3 Å². The number of rotatable bonds is 6. The number of carbonyl (C=O) groups excluding carboxylic acids is 3. The highest BCUT2D eigenvalue weighted by molar-refractivity contribution is 6.03.